The minimum Gasteiger partial charge on any atom is -0.478 e. The molecule has 0 saturated heterocycles. The highest BCUT2D eigenvalue weighted by atomic mass is 16.4. The fraction of sp³-hybridized carbons (Fsp3) is 0.500. The summed E-state index contributed by atoms with van der Waals surface area (Å²) in [5.41, 5.74) is 2.23. The molecule has 0 atom stereocenters. The third kappa shape index (κ3) is 2.48. The maximum atomic E-state index is 12.4. The Morgan fingerprint density at radius 2 is 2.00 bits per heavy atom. The number of nitrogens with one attached hydrogen (secondary N) is 1. The number of aromatic carboxylic acids is 1. The monoisotopic (exact) mass is 288 g/mol. The SMILES string of the molecule is CCC1(NC(=O)N2Cc3ccc(C(=O)O)cc3C2)CCC1. The summed E-state index contributed by atoms with van der Waals surface area (Å²) in [6.45, 7) is 3.15. The van der Waals surface area contributed by atoms with E-state index in [1.807, 2.05) is 6.07 Å². The van der Waals surface area contributed by atoms with Crippen LogP contribution < -0.4 is 5.32 Å². The van der Waals surface area contributed by atoms with E-state index in [1.54, 1.807) is 17.0 Å². The predicted octanol–water partition coefficient (Wildman–Crippen LogP) is 2.74. The standard InChI is InChI=1S/C16H20N2O3/c1-2-16(6-3-7-16)17-15(21)18-9-12-5-4-11(14(19)20)8-13(12)10-18/h4-5,8H,2-3,6-7,9-10H2,1H3,(H,17,21)(H,19,20). The molecule has 0 radical (unpaired) electrons. The lowest BCUT2D eigenvalue weighted by molar-refractivity contribution is 0.0696. The molecular weight excluding hydrogens is 268 g/mol. The number of hydrogen-bond donors (Lipinski definition) is 2. The van der Waals surface area contributed by atoms with E-state index in [0.29, 0.717) is 13.1 Å². The van der Waals surface area contributed by atoms with Crippen molar-refractivity contribution >= 4 is 12.0 Å². The second-order valence-corrected chi connectivity index (χ2v) is 6.06. The highest BCUT2D eigenvalue weighted by Crippen LogP contribution is 2.35. The van der Waals surface area contributed by atoms with Gasteiger partial charge in [0, 0.05) is 18.6 Å². The first-order valence-corrected chi connectivity index (χ1v) is 7.45. The number of urea groups is 1. The van der Waals surface area contributed by atoms with Crippen molar-refractivity contribution in [2.24, 2.45) is 0 Å². The van der Waals surface area contributed by atoms with Crippen LogP contribution in [0.5, 0.6) is 0 Å². The van der Waals surface area contributed by atoms with Crippen molar-refractivity contribution in [2.45, 2.75) is 51.2 Å². The second-order valence-electron chi connectivity index (χ2n) is 6.06. The third-order valence-electron chi connectivity index (χ3n) is 4.82. The van der Waals surface area contributed by atoms with E-state index in [4.69, 9.17) is 5.11 Å². The van der Waals surface area contributed by atoms with Crippen LogP contribution in [0, 0.1) is 0 Å². The lowest BCUT2D eigenvalue weighted by atomic mass is 9.75. The maximum absolute atomic E-state index is 12.4. The number of nitrogens with zero attached hydrogens (tertiary/aromatic N) is 1. The van der Waals surface area contributed by atoms with Crippen molar-refractivity contribution in [3.8, 4) is 0 Å². The number of carbonyl (C=O) groups excluding carboxylic acids is 1. The van der Waals surface area contributed by atoms with Gasteiger partial charge in [0.2, 0.25) is 0 Å². The molecule has 1 aliphatic carbocycles. The third-order valence-corrected chi connectivity index (χ3v) is 4.82. The zero-order chi connectivity index (χ0) is 15.0. The van der Waals surface area contributed by atoms with Gasteiger partial charge in [0.05, 0.1) is 5.56 Å². The highest BCUT2D eigenvalue weighted by Gasteiger charge is 2.38. The van der Waals surface area contributed by atoms with Crippen molar-refractivity contribution < 1.29 is 14.7 Å². The first-order valence-electron chi connectivity index (χ1n) is 7.45. The first-order chi connectivity index (χ1) is 10.0. The molecular formula is C16H20N2O3. The molecule has 1 heterocycles. The number of carbonyl (C=O) groups is 2. The highest BCUT2D eigenvalue weighted by molar-refractivity contribution is 5.88. The van der Waals surface area contributed by atoms with E-state index in [2.05, 4.69) is 12.2 Å². The summed E-state index contributed by atoms with van der Waals surface area (Å²) < 4.78 is 0. The van der Waals surface area contributed by atoms with E-state index in [1.165, 1.54) is 6.42 Å². The van der Waals surface area contributed by atoms with Crippen LogP contribution in [0.3, 0.4) is 0 Å². The molecule has 2 N–H and O–H groups in total. The van der Waals surface area contributed by atoms with Gasteiger partial charge >= 0.3 is 12.0 Å². The van der Waals surface area contributed by atoms with Gasteiger partial charge in [0.1, 0.15) is 0 Å². The van der Waals surface area contributed by atoms with E-state index in [-0.39, 0.29) is 17.1 Å². The summed E-state index contributed by atoms with van der Waals surface area (Å²) >= 11 is 0. The van der Waals surface area contributed by atoms with Gasteiger partial charge in [-0.3, -0.25) is 0 Å². The normalized spacial score (nSPS) is 18.8. The lowest BCUT2D eigenvalue weighted by Gasteiger charge is -2.42. The van der Waals surface area contributed by atoms with Gasteiger partial charge in [0.25, 0.3) is 0 Å². The number of carboxylic acid groups (broad SMARTS) is 1. The van der Waals surface area contributed by atoms with Crippen LogP contribution in [-0.4, -0.2) is 27.5 Å². The molecule has 1 saturated carbocycles. The van der Waals surface area contributed by atoms with Crippen molar-refractivity contribution in [1.82, 2.24) is 10.2 Å². The largest absolute Gasteiger partial charge is 0.478 e. The zero-order valence-corrected chi connectivity index (χ0v) is 12.2. The van der Waals surface area contributed by atoms with Gasteiger partial charge in [-0.2, -0.15) is 0 Å². The molecule has 112 valence electrons. The Morgan fingerprint density at radius 3 is 2.57 bits per heavy atom. The topological polar surface area (TPSA) is 69.6 Å². The Hall–Kier alpha value is -2.04. The number of hydrogen-bond acceptors (Lipinski definition) is 2. The molecule has 0 unspecified atom stereocenters. The molecule has 1 aromatic rings. The maximum Gasteiger partial charge on any atom is 0.335 e. The number of benzene rings is 1. The van der Waals surface area contributed by atoms with Gasteiger partial charge in [-0.25, -0.2) is 9.59 Å². The van der Waals surface area contributed by atoms with Crippen molar-refractivity contribution in [1.29, 1.82) is 0 Å². The minimum absolute atomic E-state index is 0.0158. The summed E-state index contributed by atoms with van der Waals surface area (Å²) in [6, 6.07) is 5.04. The number of fused-ring (bicyclic) bond motifs is 1. The van der Waals surface area contributed by atoms with Crippen LogP contribution in [0.1, 0.15) is 54.1 Å². The Balaban J connectivity index is 1.69. The predicted molar refractivity (Wildman–Crippen MR) is 78.1 cm³/mol. The van der Waals surface area contributed by atoms with Gasteiger partial charge in [-0.05, 0) is 48.9 Å². The molecule has 0 spiro atoms. The molecule has 5 nitrogen and oxygen atoms in total. The van der Waals surface area contributed by atoms with Crippen LogP contribution in [-0.2, 0) is 13.1 Å². The summed E-state index contributed by atoms with van der Waals surface area (Å²) in [6.07, 6.45) is 4.25. The van der Waals surface area contributed by atoms with Gasteiger partial charge in [-0.1, -0.05) is 13.0 Å². The zero-order valence-electron chi connectivity index (χ0n) is 12.2. The van der Waals surface area contributed by atoms with Crippen molar-refractivity contribution in [2.75, 3.05) is 0 Å². The molecule has 1 aliphatic heterocycles. The van der Waals surface area contributed by atoms with E-state index >= 15 is 0 Å². The van der Waals surface area contributed by atoms with Gasteiger partial charge in [0.15, 0.2) is 0 Å². The summed E-state index contributed by atoms with van der Waals surface area (Å²) in [5.74, 6) is -0.930. The number of amides is 2. The Kier molecular flexibility index (Phi) is 3.35. The fourth-order valence-corrected chi connectivity index (χ4v) is 3.15. The fourth-order valence-electron chi connectivity index (χ4n) is 3.15. The molecule has 1 fully saturated rings. The summed E-state index contributed by atoms with van der Waals surface area (Å²) in [5, 5.41) is 12.2. The summed E-state index contributed by atoms with van der Waals surface area (Å²) in [7, 11) is 0. The summed E-state index contributed by atoms with van der Waals surface area (Å²) in [4.78, 5) is 25.2. The van der Waals surface area contributed by atoms with E-state index in [9.17, 15) is 9.59 Å². The molecule has 2 amide bonds. The molecule has 21 heavy (non-hydrogen) atoms. The molecule has 0 aromatic heterocycles. The molecule has 5 heteroatoms. The molecule has 2 aliphatic rings. The quantitative estimate of drug-likeness (QED) is 0.898. The minimum atomic E-state index is -0.930. The van der Waals surface area contributed by atoms with Crippen LogP contribution in [0.25, 0.3) is 0 Å². The Morgan fingerprint density at radius 1 is 1.29 bits per heavy atom. The molecule has 0 bridgehead atoms. The number of rotatable bonds is 3. The number of carboxylic acids is 1. The van der Waals surface area contributed by atoms with Crippen LogP contribution in [0.15, 0.2) is 18.2 Å². The van der Waals surface area contributed by atoms with E-state index < -0.39 is 5.97 Å². The van der Waals surface area contributed by atoms with Gasteiger partial charge < -0.3 is 15.3 Å². The van der Waals surface area contributed by atoms with Gasteiger partial charge in [-0.15, -0.1) is 0 Å². The van der Waals surface area contributed by atoms with Crippen LogP contribution >= 0.6 is 0 Å². The van der Waals surface area contributed by atoms with Crippen molar-refractivity contribution in [3.05, 3.63) is 34.9 Å². The van der Waals surface area contributed by atoms with Crippen LogP contribution in [0.2, 0.25) is 0 Å². The van der Waals surface area contributed by atoms with E-state index in [0.717, 1.165) is 30.4 Å². The van der Waals surface area contributed by atoms with Crippen LogP contribution in [0.4, 0.5) is 4.79 Å². The average molecular weight is 288 g/mol. The smallest absolute Gasteiger partial charge is 0.335 e. The lowest BCUT2D eigenvalue weighted by Crippen LogP contribution is -2.55. The first kappa shape index (κ1) is 13.9. The Labute approximate surface area is 123 Å². The van der Waals surface area contributed by atoms with Crippen molar-refractivity contribution in [3.63, 3.8) is 0 Å². The molecule has 3 rings (SSSR count). The average Bonchev–Trinajstić information content (AvgIpc) is 2.85. The molecule has 1 aromatic carbocycles. The second kappa shape index (κ2) is 5.06. The Bertz CT molecular complexity index is 588.